The van der Waals surface area contributed by atoms with Gasteiger partial charge in [0.15, 0.2) is 6.29 Å². The Morgan fingerprint density at radius 2 is 1.52 bits per heavy atom. The van der Waals surface area contributed by atoms with Crippen LogP contribution in [0, 0.1) is 23.7 Å². The van der Waals surface area contributed by atoms with Crippen LogP contribution in [0.2, 0.25) is 0 Å². The number of ether oxygens (including phenoxy) is 3. The number of hydrogen-bond acceptors (Lipinski definition) is 5. The summed E-state index contributed by atoms with van der Waals surface area (Å²) in [5.74, 6) is 0.863. The van der Waals surface area contributed by atoms with E-state index in [-0.39, 0.29) is 36.8 Å². The van der Waals surface area contributed by atoms with E-state index in [0.29, 0.717) is 11.8 Å². The van der Waals surface area contributed by atoms with Crippen LogP contribution < -0.4 is 0 Å². The average molecular weight is 330 g/mol. The van der Waals surface area contributed by atoms with Gasteiger partial charge in [-0.15, -0.1) is 0 Å². The van der Waals surface area contributed by atoms with Gasteiger partial charge >= 0.3 is 0 Å². The van der Waals surface area contributed by atoms with Crippen LogP contribution in [-0.2, 0) is 14.2 Å². The van der Waals surface area contributed by atoms with Gasteiger partial charge in [-0.25, -0.2) is 0 Å². The Morgan fingerprint density at radius 1 is 0.870 bits per heavy atom. The minimum absolute atomic E-state index is 0.0159. The Hall–Kier alpha value is -0.200. The summed E-state index contributed by atoms with van der Waals surface area (Å²) < 4.78 is 18.3. The van der Waals surface area contributed by atoms with Crippen molar-refractivity contribution in [3.8, 4) is 0 Å². The monoisotopic (exact) mass is 330 g/mol. The van der Waals surface area contributed by atoms with Gasteiger partial charge in [-0.2, -0.15) is 0 Å². The molecule has 136 valence electrons. The molecule has 0 amide bonds. The lowest BCUT2D eigenvalue weighted by atomic mass is 9.80. The molecule has 2 saturated heterocycles. The van der Waals surface area contributed by atoms with E-state index in [4.69, 9.17) is 14.2 Å². The molecule has 2 N–H and O–H groups in total. The maximum Gasteiger partial charge on any atom is 0.161 e. The third-order valence-electron chi connectivity index (χ3n) is 6.20. The summed E-state index contributed by atoms with van der Waals surface area (Å²) in [6.45, 7) is 12.5. The molecule has 5 heteroatoms. The van der Waals surface area contributed by atoms with Crippen molar-refractivity contribution in [1.82, 2.24) is 0 Å². The smallest absolute Gasteiger partial charge is 0.161 e. The van der Waals surface area contributed by atoms with Crippen LogP contribution in [0.25, 0.3) is 0 Å². The molecule has 0 saturated carbocycles. The Balaban J connectivity index is 2.11. The van der Waals surface area contributed by atoms with Crippen molar-refractivity contribution in [3.05, 3.63) is 0 Å². The number of rotatable bonds is 4. The van der Waals surface area contributed by atoms with Gasteiger partial charge in [0.05, 0.1) is 31.0 Å². The summed E-state index contributed by atoms with van der Waals surface area (Å²) in [5, 5.41) is 19.6. The maximum absolute atomic E-state index is 10.2. The molecule has 10 atom stereocenters. The largest absolute Gasteiger partial charge is 0.394 e. The van der Waals surface area contributed by atoms with E-state index in [1.165, 1.54) is 0 Å². The molecule has 4 unspecified atom stereocenters. The number of aliphatic hydroxyl groups excluding tert-OH is 2. The van der Waals surface area contributed by atoms with Crippen LogP contribution in [0.5, 0.6) is 0 Å². The van der Waals surface area contributed by atoms with Gasteiger partial charge in [-0.05, 0) is 31.1 Å². The summed E-state index contributed by atoms with van der Waals surface area (Å²) in [6.07, 6.45) is -0.503. The summed E-state index contributed by atoms with van der Waals surface area (Å²) in [6, 6.07) is 0. The molecule has 5 nitrogen and oxygen atoms in total. The van der Waals surface area contributed by atoms with E-state index in [2.05, 4.69) is 27.7 Å². The predicted octanol–water partition coefficient (Wildman–Crippen LogP) is 2.19. The second kappa shape index (κ2) is 7.79. The van der Waals surface area contributed by atoms with E-state index >= 15 is 0 Å². The van der Waals surface area contributed by atoms with Crippen LogP contribution in [0.15, 0.2) is 0 Å². The molecule has 0 spiro atoms. The number of aliphatic hydroxyl groups is 2. The molecule has 0 radical (unpaired) electrons. The molecular weight excluding hydrogens is 296 g/mol. The van der Waals surface area contributed by atoms with Gasteiger partial charge in [0.1, 0.15) is 6.10 Å². The van der Waals surface area contributed by atoms with Crippen LogP contribution in [0.4, 0.5) is 0 Å². The van der Waals surface area contributed by atoms with Crippen molar-refractivity contribution in [2.75, 3.05) is 6.61 Å². The van der Waals surface area contributed by atoms with E-state index in [0.717, 1.165) is 6.42 Å². The minimum Gasteiger partial charge on any atom is -0.394 e. The first-order valence-electron chi connectivity index (χ1n) is 9.07. The van der Waals surface area contributed by atoms with E-state index in [1.54, 1.807) is 0 Å². The molecule has 0 aromatic carbocycles. The SMILES string of the molecule is CCC1O[C@H](C)C(C)[C@@H](C)[C@@H]1O[C@H]1O[C@@H](CO)[C@@H](O)C(C)C1C. The topological polar surface area (TPSA) is 68.2 Å². The van der Waals surface area contributed by atoms with Gasteiger partial charge < -0.3 is 24.4 Å². The molecule has 23 heavy (non-hydrogen) atoms. The molecule has 0 aromatic heterocycles. The highest BCUT2D eigenvalue weighted by atomic mass is 16.7. The molecule has 2 heterocycles. The summed E-state index contributed by atoms with van der Waals surface area (Å²) >= 11 is 0. The van der Waals surface area contributed by atoms with Gasteiger partial charge in [0.25, 0.3) is 0 Å². The van der Waals surface area contributed by atoms with Crippen LogP contribution in [-0.4, -0.2) is 53.6 Å². The molecule has 2 rings (SSSR count). The second-order valence-corrected chi connectivity index (χ2v) is 7.54. The highest BCUT2D eigenvalue weighted by Gasteiger charge is 2.45. The van der Waals surface area contributed by atoms with Crippen molar-refractivity contribution in [2.24, 2.45) is 23.7 Å². The fraction of sp³-hybridized carbons (Fsp3) is 1.00. The Morgan fingerprint density at radius 3 is 2.09 bits per heavy atom. The molecular formula is C18H34O5. The molecule has 0 aliphatic carbocycles. The molecule has 0 bridgehead atoms. The average Bonchev–Trinajstić information content (AvgIpc) is 2.55. The van der Waals surface area contributed by atoms with Gasteiger partial charge in [0, 0.05) is 5.92 Å². The fourth-order valence-electron chi connectivity index (χ4n) is 3.82. The standard InChI is InChI=1S/C18H34O5/c1-7-14-17(11(4)9(2)13(6)21-14)23-18-12(5)10(3)16(20)15(8-19)22-18/h9-20H,7-8H2,1-6H3/t9?,10?,11-,12?,13-,14?,15+,16+,17+,18-/m1/s1. The fourth-order valence-corrected chi connectivity index (χ4v) is 3.82. The van der Waals surface area contributed by atoms with E-state index in [9.17, 15) is 10.2 Å². The summed E-state index contributed by atoms with van der Waals surface area (Å²) in [7, 11) is 0. The third kappa shape index (κ3) is 3.74. The van der Waals surface area contributed by atoms with Crippen LogP contribution >= 0.6 is 0 Å². The third-order valence-corrected chi connectivity index (χ3v) is 6.20. The zero-order valence-electron chi connectivity index (χ0n) is 15.3. The van der Waals surface area contributed by atoms with E-state index in [1.807, 2.05) is 13.8 Å². The molecule has 2 fully saturated rings. The minimum atomic E-state index is -0.657. The van der Waals surface area contributed by atoms with Crippen molar-refractivity contribution in [3.63, 3.8) is 0 Å². The van der Waals surface area contributed by atoms with Gasteiger partial charge in [-0.1, -0.05) is 34.6 Å². The Kier molecular flexibility index (Phi) is 6.48. The molecule has 2 aliphatic rings. The molecule has 0 aromatic rings. The van der Waals surface area contributed by atoms with Crippen molar-refractivity contribution >= 4 is 0 Å². The van der Waals surface area contributed by atoms with Crippen molar-refractivity contribution in [2.45, 2.75) is 84.8 Å². The Bertz CT molecular complexity index is 372. The van der Waals surface area contributed by atoms with Crippen molar-refractivity contribution in [1.29, 1.82) is 0 Å². The second-order valence-electron chi connectivity index (χ2n) is 7.54. The van der Waals surface area contributed by atoms with Gasteiger partial charge in [-0.3, -0.25) is 0 Å². The lowest BCUT2D eigenvalue weighted by Gasteiger charge is -2.48. The van der Waals surface area contributed by atoms with E-state index < -0.39 is 18.5 Å². The molecule has 2 aliphatic heterocycles. The first-order chi connectivity index (χ1) is 10.8. The lowest BCUT2D eigenvalue weighted by molar-refractivity contribution is -0.310. The number of hydrogen-bond donors (Lipinski definition) is 2. The lowest BCUT2D eigenvalue weighted by Crippen LogP contribution is -2.56. The highest BCUT2D eigenvalue weighted by Crippen LogP contribution is 2.38. The normalized spacial score (nSPS) is 51.7. The van der Waals surface area contributed by atoms with Crippen LogP contribution in [0.1, 0.15) is 48.0 Å². The zero-order valence-corrected chi connectivity index (χ0v) is 15.3. The predicted molar refractivity (Wildman–Crippen MR) is 87.9 cm³/mol. The van der Waals surface area contributed by atoms with Crippen LogP contribution in [0.3, 0.4) is 0 Å². The maximum atomic E-state index is 10.2. The Labute approximate surface area is 140 Å². The highest BCUT2D eigenvalue weighted by molar-refractivity contribution is 4.90. The zero-order chi connectivity index (χ0) is 17.3. The van der Waals surface area contributed by atoms with Crippen molar-refractivity contribution < 1.29 is 24.4 Å². The summed E-state index contributed by atoms with van der Waals surface area (Å²) in [5.41, 5.74) is 0. The first-order valence-corrected chi connectivity index (χ1v) is 9.07. The first kappa shape index (κ1) is 19.1. The summed E-state index contributed by atoms with van der Waals surface area (Å²) in [4.78, 5) is 0. The quantitative estimate of drug-likeness (QED) is 0.827. The van der Waals surface area contributed by atoms with Gasteiger partial charge in [0.2, 0.25) is 0 Å².